The summed E-state index contributed by atoms with van der Waals surface area (Å²) in [6.45, 7) is 0. The Labute approximate surface area is 208 Å². The first-order valence-electron chi connectivity index (χ1n) is 11.9. The Balaban J connectivity index is 1.38. The summed E-state index contributed by atoms with van der Waals surface area (Å²) in [5.41, 5.74) is 7.10. The van der Waals surface area contributed by atoms with Crippen LogP contribution in [0.4, 0.5) is 22.7 Å². The third-order valence-corrected chi connectivity index (χ3v) is 6.64. The molecule has 3 heterocycles. The van der Waals surface area contributed by atoms with E-state index in [1.807, 2.05) is 97.1 Å². The quantitative estimate of drug-likeness (QED) is 0.246. The standard InChI is InChI=1S/C30H20N4O2/c1-5-13-23-19(9-1)27-28(35-27)20-10-2-6-14-24(20)33-18-34-26-16-8-4-12-22(26)30-29(36-30)21-11-3-7-15-25(21)32-17-31-23/h1-16,27-30H/t27-,28-,29+,30+. The molecule has 0 saturated carbocycles. The van der Waals surface area contributed by atoms with Crippen molar-refractivity contribution in [1.82, 2.24) is 0 Å². The van der Waals surface area contributed by atoms with Crippen molar-refractivity contribution in [2.45, 2.75) is 24.4 Å². The van der Waals surface area contributed by atoms with E-state index in [0.717, 1.165) is 45.0 Å². The summed E-state index contributed by atoms with van der Waals surface area (Å²) in [4.78, 5) is 18.3. The molecule has 36 heavy (non-hydrogen) atoms. The van der Waals surface area contributed by atoms with Gasteiger partial charge in [-0.25, -0.2) is 0 Å². The lowest BCUT2D eigenvalue weighted by atomic mass is 10.0. The zero-order valence-corrected chi connectivity index (χ0v) is 19.2. The van der Waals surface area contributed by atoms with Gasteiger partial charge in [-0.1, -0.05) is 72.8 Å². The SMILES string of the molecule is C1=Nc2ccccc2[C@H]2O[C@@H]2c2ccccc2N=C=Nc2ccccc2[C@@H]2O[C@H]2c2ccccc2N=1. The lowest BCUT2D eigenvalue weighted by Crippen LogP contribution is -1.87. The molecule has 3 aliphatic rings. The number of epoxide rings is 2. The molecule has 3 aliphatic heterocycles. The van der Waals surface area contributed by atoms with Crippen molar-refractivity contribution in [2.24, 2.45) is 20.0 Å². The van der Waals surface area contributed by atoms with Crippen molar-refractivity contribution in [2.75, 3.05) is 0 Å². The van der Waals surface area contributed by atoms with Gasteiger partial charge in [0.05, 0.1) is 22.7 Å². The van der Waals surface area contributed by atoms with Crippen molar-refractivity contribution in [3.05, 3.63) is 119 Å². The van der Waals surface area contributed by atoms with Crippen LogP contribution in [-0.2, 0) is 9.47 Å². The second-order valence-electron chi connectivity index (χ2n) is 8.84. The Morgan fingerprint density at radius 1 is 0.389 bits per heavy atom. The first-order chi connectivity index (χ1) is 17.9. The van der Waals surface area contributed by atoms with Crippen molar-refractivity contribution >= 4 is 34.8 Å². The molecule has 0 unspecified atom stereocenters. The van der Waals surface area contributed by atoms with Crippen LogP contribution < -0.4 is 0 Å². The van der Waals surface area contributed by atoms with Gasteiger partial charge in [0.25, 0.3) is 0 Å². The van der Waals surface area contributed by atoms with Crippen LogP contribution in [0.15, 0.2) is 117 Å². The van der Waals surface area contributed by atoms with Gasteiger partial charge in [0.2, 0.25) is 0 Å². The molecule has 2 saturated heterocycles. The smallest absolute Gasteiger partial charge is 0.116 e. The number of aliphatic imine (C=N–C) groups is 4. The third kappa shape index (κ3) is 3.81. The monoisotopic (exact) mass is 468 g/mol. The highest BCUT2D eigenvalue weighted by Crippen LogP contribution is 2.56. The van der Waals surface area contributed by atoms with Gasteiger partial charge in [-0.05, 0) is 24.3 Å². The van der Waals surface area contributed by atoms with E-state index in [1.165, 1.54) is 0 Å². The van der Waals surface area contributed by atoms with E-state index in [2.05, 4.69) is 32.0 Å². The van der Waals surface area contributed by atoms with E-state index in [-0.39, 0.29) is 24.4 Å². The first kappa shape index (κ1) is 20.9. The van der Waals surface area contributed by atoms with Crippen LogP contribution in [0.3, 0.4) is 0 Å². The fraction of sp³-hybridized carbons (Fsp3) is 0.133. The Hall–Kier alpha value is -4.44. The van der Waals surface area contributed by atoms with Crippen LogP contribution in [0, 0.1) is 0 Å². The van der Waals surface area contributed by atoms with Crippen LogP contribution >= 0.6 is 0 Å². The number of para-hydroxylation sites is 4. The highest BCUT2D eigenvalue weighted by atomic mass is 16.6. The van der Waals surface area contributed by atoms with E-state index in [4.69, 9.17) is 9.47 Å². The van der Waals surface area contributed by atoms with E-state index >= 15 is 0 Å². The molecule has 0 spiro atoms. The maximum atomic E-state index is 6.11. The van der Waals surface area contributed by atoms with Gasteiger partial charge in [0.15, 0.2) is 0 Å². The number of benzene rings is 4. The van der Waals surface area contributed by atoms with Crippen LogP contribution in [0.2, 0.25) is 0 Å². The Morgan fingerprint density at radius 3 is 0.917 bits per heavy atom. The summed E-state index contributed by atoms with van der Waals surface area (Å²) in [5.74, 6) is 0. The summed E-state index contributed by atoms with van der Waals surface area (Å²) in [5, 5.41) is 0. The van der Waals surface area contributed by atoms with Gasteiger partial charge in [0.1, 0.15) is 36.4 Å². The van der Waals surface area contributed by atoms with Crippen LogP contribution in [0.1, 0.15) is 46.7 Å². The molecule has 6 heteroatoms. The lowest BCUT2D eigenvalue weighted by molar-refractivity contribution is 0.378. The molecule has 6 nitrogen and oxygen atoms in total. The fourth-order valence-electron chi connectivity index (χ4n) is 4.76. The van der Waals surface area contributed by atoms with Gasteiger partial charge in [-0.2, -0.15) is 20.0 Å². The van der Waals surface area contributed by atoms with Crippen LogP contribution in [0.5, 0.6) is 0 Å². The van der Waals surface area contributed by atoms with Gasteiger partial charge < -0.3 is 9.47 Å². The lowest BCUT2D eigenvalue weighted by Gasteiger charge is -2.04. The third-order valence-electron chi connectivity index (χ3n) is 6.64. The first-order valence-corrected chi connectivity index (χ1v) is 11.9. The van der Waals surface area contributed by atoms with Gasteiger partial charge in [-0.15, -0.1) is 0 Å². The highest BCUT2D eigenvalue weighted by molar-refractivity contribution is 5.66. The Bertz CT molecular complexity index is 1380. The summed E-state index contributed by atoms with van der Waals surface area (Å²) in [7, 11) is 0. The van der Waals surface area contributed by atoms with Crippen molar-refractivity contribution in [3.8, 4) is 0 Å². The maximum Gasteiger partial charge on any atom is 0.116 e. The Kier molecular flexibility index (Phi) is 5.02. The normalized spacial score (nSPS) is 23.1. The minimum absolute atomic E-state index is 0.118. The number of hydrogen-bond acceptors (Lipinski definition) is 6. The molecule has 0 aromatic heterocycles. The predicted molar refractivity (Wildman–Crippen MR) is 137 cm³/mol. The molecule has 4 aromatic carbocycles. The average molecular weight is 469 g/mol. The molecule has 0 N–H and O–H groups in total. The minimum Gasteiger partial charge on any atom is -0.359 e. The zero-order chi connectivity index (χ0) is 23.9. The molecule has 2 fully saturated rings. The number of nitrogens with zero attached hydrogens (tertiary/aromatic N) is 4. The molecule has 4 atom stereocenters. The second kappa shape index (κ2) is 8.65. The van der Waals surface area contributed by atoms with E-state index in [0.29, 0.717) is 0 Å². The minimum atomic E-state index is -0.118. The number of rotatable bonds is 0. The summed E-state index contributed by atoms with van der Waals surface area (Å²) in [6.07, 6.45) is -0.472. The predicted octanol–water partition coefficient (Wildman–Crippen LogP) is 7.90. The molecular formula is C30H20N4O2. The average Bonchev–Trinajstić information content (AvgIpc) is 3.85. The van der Waals surface area contributed by atoms with Crippen LogP contribution in [-0.4, -0.2) is 12.0 Å². The van der Waals surface area contributed by atoms with Crippen molar-refractivity contribution in [3.63, 3.8) is 0 Å². The maximum absolute atomic E-state index is 6.11. The van der Waals surface area contributed by atoms with Crippen molar-refractivity contribution in [1.29, 1.82) is 0 Å². The highest BCUT2D eigenvalue weighted by Gasteiger charge is 2.45. The molecule has 172 valence electrons. The van der Waals surface area contributed by atoms with E-state index < -0.39 is 0 Å². The number of fused-ring (bicyclic) bond motifs is 10. The zero-order valence-electron chi connectivity index (χ0n) is 19.2. The largest absolute Gasteiger partial charge is 0.359 e. The molecule has 0 bridgehead atoms. The number of ether oxygens (including phenoxy) is 2. The fourth-order valence-corrected chi connectivity index (χ4v) is 4.76. The molecule has 0 radical (unpaired) electrons. The van der Waals surface area contributed by atoms with Gasteiger partial charge in [-0.3, -0.25) is 0 Å². The van der Waals surface area contributed by atoms with Gasteiger partial charge >= 0.3 is 0 Å². The summed E-state index contributed by atoms with van der Waals surface area (Å²) >= 11 is 0. The molecule has 0 amide bonds. The summed E-state index contributed by atoms with van der Waals surface area (Å²) < 4.78 is 12.2. The molecule has 7 rings (SSSR count). The number of hydrogen-bond donors (Lipinski definition) is 0. The second-order valence-corrected chi connectivity index (χ2v) is 8.84. The van der Waals surface area contributed by atoms with E-state index in [1.54, 1.807) is 0 Å². The molecule has 4 aromatic rings. The topological polar surface area (TPSA) is 74.5 Å². The molecular weight excluding hydrogens is 448 g/mol. The summed E-state index contributed by atoms with van der Waals surface area (Å²) in [6, 6.07) is 37.5. The van der Waals surface area contributed by atoms with Crippen LogP contribution in [0.25, 0.3) is 0 Å². The molecule has 0 aliphatic carbocycles. The van der Waals surface area contributed by atoms with E-state index in [9.17, 15) is 0 Å². The van der Waals surface area contributed by atoms with Gasteiger partial charge in [0, 0.05) is 22.3 Å². The Morgan fingerprint density at radius 2 is 0.639 bits per heavy atom. The van der Waals surface area contributed by atoms with Crippen molar-refractivity contribution < 1.29 is 9.47 Å².